The summed E-state index contributed by atoms with van der Waals surface area (Å²) in [7, 11) is 0. The second kappa shape index (κ2) is 10.1. The summed E-state index contributed by atoms with van der Waals surface area (Å²) in [5.41, 5.74) is 2.14. The first kappa shape index (κ1) is 21.6. The number of hydrogen-bond acceptors (Lipinski definition) is 4. The SMILES string of the molecule is CC(C)OC(=O)C[C@H](NC(=O)c1cnn(Cc2ccccc2)c1)c1ccccc1Cl. The van der Waals surface area contributed by atoms with Gasteiger partial charge in [-0.15, -0.1) is 0 Å². The van der Waals surface area contributed by atoms with Crippen molar-refractivity contribution in [3.63, 3.8) is 0 Å². The third-order valence-corrected chi connectivity index (χ3v) is 4.75. The lowest BCUT2D eigenvalue weighted by Crippen LogP contribution is -2.31. The number of esters is 1. The van der Waals surface area contributed by atoms with Crippen LogP contribution in [0.5, 0.6) is 0 Å². The Morgan fingerprint density at radius 2 is 1.80 bits per heavy atom. The van der Waals surface area contributed by atoms with Gasteiger partial charge in [0.05, 0.1) is 36.9 Å². The van der Waals surface area contributed by atoms with Crippen LogP contribution < -0.4 is 5.32 Å². The number of rotatable bonds is 8. The Labute approximate surface area is 180 Å². The van der Waals surface area contributed by atoms with Gasteiger partial charge in [-0.25, -0.2) is 0 Å². The molecule has 0 saturated carbocycles. The van der Waals surface area contributed by atoms with Gasteiger partial charge in [0.15, 0.2) is 0 Å². The van der Waals surface area contributed by atoms with Crippen LogP contribution >= 0.6 is 11.6 Å². The molecule has 0 aliphatic carbocycles. The molecule has 1 atom stereocenters. The van der Waals surface area contributed by atoms with Crippen LogP contribution in [0, 0.1) is 0 Å². The van der Waals surface area contributed by atoms with E-state index in [1.807, 2.05) is 36.4 Å². The summed E-state index contributed by atoms with van der Waals surface area (Å²) >= 11 is 6.31. The number of aromatic nitrogens is 2. The third kappa shape index (κ3) is 5.94. The number of carbonyl (C=O) groups is 2. The van der Waals surface area contributed by atoms with E-state index in [0.717, 1.165) is 5.56 Å². The molecule has 6 nitrogen and oxygen atoms in total. The van der Waals surface area contributed by atoms with E-state index in [2.05, 4.69) is 10.4 Å². The number of nitrogens with one attached hydrogen (secondary N) is 1. The van der Waals surface area contributed by atoms with Crippen molar-refractivity contribution >= 4 is 23.5 Å². The van der Waals surface area contributed by atoms with Crippen LogP contribution in [0.1, 0.15) is 47.8 Å². The molecule has 0 aliphatic heterocycles. The number of benzene rings is 2. The van der Waals surface area contributed by atoms with Gasteiger partial charge >= 0.3 is 5.97 Å². The van der Waals surface area contributed by atoms with Gasteiger partial charge < -0.3 is 10.1 Å². The average molecular weight is 426 g/mol. The van der Waals surface area contributed by atoms with Crippen molar-refractivity contribution < 1.29 is 14.3 Å². The zero-order valence-electron chi connectivity index (χ0n) is 16.9. The van der Waals surface area contributed by atoms with E-state index in [9.17, 15) is 9.59 Å². The van der Waals surface area contributed by atoms with Crippen molar-refractivity contribution in [2.45, 2.75) is 39.0 Å². The zero-order valence-corrected chi connectivity index (χ0v) is 17.7. The number of carbonyl (C=O) groups excluding carboxylic acids is 2. The summed E-state index contributed by atoms with van der Waals surface area (Å²) in [5, 5.41) is 7.63. The molecule has 0 bridgehead atoms. The molecule has 0 fully saturated rings. The number of amides is 1. The van der Waals surface area contributed by atoms with Crippen molar-refractivity contribution in [2.24, 2.45) is 0 Å². The molecule has 0 aliphatic rings. The highest BCUT2D eigenvalue weighted by Gasteiger charge is 2.23. The minimum Gasteiger partial charge on any atom is -0.463 e. The fraction of sp³-hybridized carbons (Fsp3) is 0.261. The largest absolute Gasteiger partial charge is 0.463 e. The van der Waals surface area contributed by atoms with Crippen molar-refractivity contribution in [1.29, 1.82) is 0 Å². The van der Waals surface area contributed by atoms with Crippen molar-refractivity contribution in [3.05, 3.63) is 88.7 Å². The summed E-state index contributed by atoms with van der Waals surface area (Å²) in [4.78, 5) is 25.1. The van der Waals surface area contributed by atoms with Crippen LogP contribution in [0.15, 0.2) is 67.0 Å². The molecule has 3 aromatic rings. The van der Waals surface area contributed by atoms with E-state index in [1.165, 1.54) is 6.20 Å². The van der Waals surface area contributed by atoms with E-state index < -0.39 is 12.0 Å². The van der Waals surface area contributed by atoms with Crippen molar-refractivity contribution in [3.8, 4) is 0 Å². The first-order chi connectivity index (χ1) is 14.4. The highest BCUT2D eigenvalue weighted by atomic mass is 35.5. The fourth-order valence-electron chi connectivity index (χ4n) is 3.05. The Kier molecular flexibility index (Phi) is 7.25. The Morgan fingerprint density at radius 3 is 2.50 bits per heavy atom. The topological polar surface area (TPSA) is 73.2 Å². The molecule has 1 amide bonds. The van der Waals surface area contributed by atoms with Crippen LogP contribution in [0.25, 0.3) is 0 Å². The molecule has 1 N–H and O–H groups in total. The van der Waals surface area contributed by atoms with Crippen molar-refractivity contribution in [1.82, 2.24) is 15.1 Å². The van der Waals surface area contributed by atoms with Gasteiger partial charge in [0.25, 0.3) is 5.91 Å². The highest BCUT2D eigenvalue weighted by molar-refractivity contribution is 6.31. The van der Waals surface area contributed by atoms with E-state index in [4.69, 9.17) is 16.3 Å². The van der Waals surface area contributed by atoms with Crippen LogP contribution in [0.2, 0.25) is 5.02 Å². The van der Waals surface area contributed by atoms with Gasteiger partial charge in [0.1, 0.15) is 0 Å². The maximum absolute atomic E-state index is 12.8. The predicted octanol–water partition coefficient (Wildman–Crippen LogP) is 4.40. The maximum atomic E-state index is 12.8. The molecule has 0 radical (unpaired) electrons. The quantitative estimate of drug-likeness (QED) is 0.543. The first-order valence-corrected chi connectivity index (χ1v) is 10.1. The van der Waals surface area contributed by atoms with E-state index >= 15 is 0 Å². The Morgan fingerprint density at radius 1 is 1.10 bits per heavy atom. The number of halogens is 1. The van der Waals surface area contributed by atoms with Crippen LogP contribution in [-0.4, -0.2) is 27.8 Å². The molecule has 30 heavy (non-hydrogen) atoms. The fourth-order valence-corrected chi connectivity index (χ4v) is 3.32. The minimum absolute atomic E-state index is 0.0220. The van der Waals surface area contributed by atoms with Crippen LogP contribution in [-0.2, 0) is 16.1 Å². The normalized spacial score (nSPS) is 11.9. The van der Waals surface area contributed by atoms with Crippen LogP contribution in [0.4, 0.5) is 0 Å². The Hall–Kier alpha value is -3.12. The summed E-state index contributed by atoms with van der Waals surface area (Å²) in [6, 6.07) is 16.4. The van der Waals surface area contributed by atoms with Crippen LogP contribution in [0.3, 0.4) is 0 Å². The van der Waals surface area contributed by atoms with E-state index in [0.29, 0.717) is 22.7 Å². The molecule has 0 unspecified atom stereocenters. The molecule has 0 saturated heterocycles. The van der Waals surface area contributed by atoms with Gasteiger partial charge in [-0.05, 0) is 31.0 Å². The second-order valence-electron chi connectivity index (χ2n) is 7.20. The summed E-state index contributed by atoms with van der Waals surface area (Å²) < 4.78 is 6.95. The lowest BCUT2D eigenvalue weighted by molar-refractivity contribution is -0.147. The van der Waals surface area contributed by atoms with E-state index in [1.54, 1.807) is 42.9 Å². The van der Waals surface area contributed by atoms with Gasteiger partial charge in [-0.3, -0.25) is 14.3 Å². The lowest BCUT2D eigenvalue weighted by Gasteiger charge is -2.20. The molecular weight excluding hydrogens is 402 g/mol. The van der Waals surface area contributed by atoms with Gasteiger partial charge in [-0.2, -0.15) is 5.10 Å². The van der Waals surface area contributed by atoms with E-state index in [-0.39, 0.29) is 18.4 Å². The highest BCUT2D eigenvalue weighted by Crippen LogP contribution is 2.26. The summed E-state index contributed by atoms with van der Waals surface area (Å²) in [5.74, 6) is -0.744. The summed E-state index contributed by atoms with van der Waals surface area (Å²) in [6.45, 7) is 4.12. The Balaban J connectivity index is 1.74. The molecule has 1 aromatic heterocycles. The van der Waals surface area contributed by atoms with Crippen molar-refractivity contribution in [2.75, 3.05) is 0 Å². The smallest absolute Gasteiger partial charge is 0.308 e. The third-order valence-electron chi connectivity index (χ3n) is 4.41. The first-order valence-electron chi connectivity index (χ1n) is 9.73. The monoisotopic (exact) mass is 425 g/mol. The van der Waals surface area contributed by atoms with Gasteiger partial charge in [0.2, 0.25) is 0 Å². The molecule has 1 heterocycles. The molecule has 156 valence electrons. The van der Waals surface area contributed by atoms with Gasteiger partial charge in [-0.1, -0.05) is 60.1 Å². The predicted molar refractivity (Wildman–Crippen MR) is 115 cm³/mol. The molecule has 7 heteroatoms. The molecule has 3 rings (SSSR count). The minimum atomic E-state index is -0.616. The average Bonchev–Trinajstić information content (AvgIpc) is 3.16. The molecule has 2 aromatic carbocycles. The lowest BCUT2D eigenvalue weighted by atomic mass is 10.0. The zero-order chi connectivity index (χ0) is 21.5. The molecule has 0 spiro atoms. The second-order valence-corrected chi connectivity index (χ2v) is 7.61. The number of hydrogen-bond donors (Lipinski definition) is 1. The Bertz CT molecular complexity index is 1000. The summed E-state index contributed by atoms with van der Waals surface area (Å²) in [6.07, 6.45) is 2.93. The number of ether oxygens (including phenoxy) is 1. The van der Waals surface area contributed by atoms with Gasteiger partial charge in [0, 0.05) is 11.2 Å². The maximum Gasteiger partial charge on any atom is 0.308 e. The number of nitrogens with zero attached hydrogens (tertiary/aromatic N) is 2. The molecular formula is C23H24ClN3O3. The standard InChI is InChI=1S/C23H24ClN3O3/c1-16(2)30-22(28)12-21(19-10-6-7-11-20(19)24)26-23(29)18-13-25-27(15-18)14-17-8-4-3-5-9-17/h3-11,13,15-16,21H,12,14H2,1-2H3,(H,26,29)/t21-/m0/s1.